The average molecular weight is 666 g/mol. The zero-order valence-electron chi connectivity index (χ0n) is 25.0. The molecule has 1 aromatic heterocycles. The number of carbonyl (C=O) groups excluding carboxylic acids is 2. The molecule has 0 spiro atoms. The summed E-state index contributed by atoms with van der Waals surface area (Å²) in [5.41, 5.74) is 1.87. The van der Waals surface area contributed by atoms with Gasteiger partial charge in [0.2, 0.25) is 5.13 Å². The van der Waals surface area contributed by atoms with E-state index in [1.54, 1.807) is 42.5 Å². The number of ether oxygens (including phenoxy) is 3. The number of benzene rings is 3. The Hall–Kier alpha value is -4.06. The first kappa shape index (κ1) is 32.3. The summed E-state index contributed by atoms with van der Waals surface area (Å²) in [4.78, 5) is 28.6. The molecule has 0 aliphatic carbocycles. The van der Waals surface area contributed by atoms with Crippen LogP contribution >= 0.6 is 34.7 Å². The molecule has 9 nitrogen and oxygen atoms in total. The number of ketones is 1. The Balaban J connectivity index is 1.54. The van der Waals surface area contributed by atoms with Crippen molar-refractivity contribution in [3.63, 3.8) is 0 Å². The molecule has 234 valence electrons. The van der Waals surface area contributed by atoms with E-state index >= 15 is 0 Å². The van der Waals surface area contributed by atoms with E-state index in [-0.39, 0.29) is 16.5 Å². The Kier molecular flexibility index (Phi) is 10.6. The Morgan fingerprint density at radius 3 is 2.44 bits per heavy atom. The molecule has 3 aromatic carbocycles. The number of carbonyl (C=O) groups is 2. The van der Waals surface area contributed by atoms with Gasteiger partial charge in [-0.25, -0.2) is 0 Å². The van der Waals surface area contributed by atoms with Gasteiger partial charge in [0, 0.05) is 16.3 Å². The van der Waals surface area contributed by atoms with Crippen LogP contribution in [0.15, 0.2) is 76.6 Å². The number of Topliss-reactive ketones (excluding diaryl/α,β-unsaturated/α-hetero) is 1. The molecule has 4 aromatic rings. The largest absolute Gasteiger partial charge is 0.507 e. The van der Waals surface area contributed by atoms with Crippen molar-refractivity contribution in [1.29, 1.82) is 0 Å². The minimum Gasteiger partial charge on any atom is -0.507 e. The standard InChI is InChI=1S/C33H32ClN3O6S2/c1-4-6-17-43-25-16-11-22(18-26(25)41-3)28-27(29(38)21-9-14-24(15-10-21)42-5-2)30(39)31(40)37(28)32-35-36-33(45-32)44-19-20-7-12-23(34)13-8-20/h7-16,18,28,38H,4-6,17,19H2,1-3H3/b29-27-. The van der Waals surface area contributed by atoms with Gasteiger partial charge in [0.15, 0.2) is 15.8 Å². The lowest BCUT2D eigenvalue weighted by Crippen LogP contribution is -2.29. The van der Waals surface area contributed by atoms with Crippen molar-refractivity contribution < 1.29 is 28.9 Å². The molecule has 1 saturated heterocycles. The highest BCUT2D eigenvalue weighted by Crippen LogP contribution is 2.45. The fraction of sp³-hybridized carbons (Fsp3) is 0.273. The highest BCUT2D eigenvalue weighted by atomic mass is 35.5. The smallest absolute Gasteiger partial charge is 0.301 e. The topological polar surface area (TPSA) is 111 Å². The van der Waals surface area contributed by atoms with Gasteiger partial charge in [-0.2, -0.15) is 0 Å². The summed E-state index contributed by atoms with van der Waals surface area (Å²) < 4.78 is 17.7. The van der Waals surface area contributed by atoms with Crippen LogP contribution in [-0.4, -0.2) is 47.3 Å². The lowest BCUT2D eigenvalue weighted by atomic mass is 9.95. The molecule has 2 heterocycles. The molecule has 1 atom stereocenters. The predicted octanol–water partition coefficient (Wildman–Crippen LogP) is 7.70. The van der Waals surface area contributed by atoms with E-state index < -0.39 is 17.7 Å². The van der Waals surface area contributed by atoms with Crippen molar-refractivity contribution in [3.05, 3.63) is 94.0 Å². The number of hydrogen-bond donors (Lipinski definition) is 1. The molecule has 45 heavy (non-hydrogen) atoms. The molecule has 0 bridgehead atoms. The van der Waals surface area contributed by atoms with E-state index in [0.29, 0.717) is 56.7 Å². The van der Waals surface area contributed by atoms with Crippen LogP contribution in [0.3, 0.4) is 0 Å². The Morgan fingerprint density at radius 1 is 1.00 bits per heavy atom. The molecule has 1 unspecified atom stereocenters. The van der Waals surface area contributed by atoms with Crippen molar-refractivity contribution in [2.75, 3.05) is 25.2 Å². The van der Waals surface area contributed by atoms with E-state index in [0.717, 1.165) is 18.4 Å². The second kappa shape index (κ2) is 14.8. The zero-order chi connectivity index (χ0) is 31.9. The van der Waals surface area contributed by atoms with Gasteiger partial charge < -0.3 is 19.3 Å². The molecule has 1 N–H and O–H groups in total. The van der Waals surface area contributed by atoms with Crippen LogP contribution in [-0.2, 0) is 15.3 Å². The number of hydrogen-bond acceptors (Lipinski definition) is 10. The molecule has 0 saturated carbocycles. The van der Waals surface area contributed by atoms with Crippen LogP contribution < -0.4 is 19.1 Å². The SMILES string of the molecule is CCCCOc1ccc(C2/C(=C(/O)c3ccc(OCC)cc3)C(=O)C(=O)N2c2nnc(SCc3ccc(Cl)cc3)s2)cc1OC. The number of thioether (sulfide) groups is 1. The van der Waals surface area contributed by atoms with E-state index in [9.17, 15) is 14.7 Å². The fourth-order valence-corrected chi connectivity index (χ4v) is 6.71. The van der Waals surface area contributed by atoms with Crippen molar-refractivity contribution in [2.24, 2.45) is 0 Å². The van der Waals surface area contributed by atoms with Crippen LogP contribution in [0.2, 0.25) is 5.02 Å². The first-order valence-corrected chi connectivity index (χ1v) is 16.6. The number of halogens is 1. The summed E-state index contributed by atoms with van der Waals surface area (Å²) in [6.45, 7) is 4.95. The molecule has 5 rings (SSSR count). The van der Waals surface area contributed by atoms with Crippen LogP contribution in [0.1, 0.15) is 49.4 Å². The Morgan fingerprint density at radius 2 is 1.76 bits per heavy atom. The van der Waals surface area contributed by atoms with Crippen molar-refractivity contribution in [3.8, 4) is 17.2 Å². The Bertz CT molecular complexity index is 1690. The van der Waals surface area contributed by atoms with Gasteiger partial charge in [0.25, 0.3) is 5.78 Å². The van der Waals surface area contributed by atoms with Crippen LogP contribution in [0.25, 0.3) is 5.76 Å². The molecule has 12 heteroatoms. The van der Waals surface area contributed by atoms with Crippen molar-refractivity contribution in [2.45, 2.75) is 42.8 Å². The summed E-state index contributed by atoms with van der Waals surface area (Å²) in [6, 6.07) is 18.4. The van der Waals surface area contributed by atoms with E-state index in [2.05, 4.69) is 17.1 Å². The number of rotatable bonds is 13. The molecule has 1 aliphatic heterocycles. The maximum Gasteiger partial charge on any atom is 0.301 e. The summed E-state index contributed by atoms with van der Waals surface area (Å²) in [5.74, 6) is 0.239. The van der Waals surface area contributed by atoms with Gasteiger partial charge in [-0.15, -0.1) is 10.2 Å². The molecule has 1 fully saturated rings. The number of methoxy groups -OCH3 is 1. The van der Waals surface area contributed by atoms with Gasteiger partial charge in [-0.3, -0.25) is 14.5 Å². The normalized spacial score (nSPS) is 15.8. The maximum atomic E-state index is 13.7. The summed E-state index contributed by atoms with van der Waals surface area (Å²) in [7, 11) is 1.53. The molecular weight excluding hydrogens is 634 g/mol. The number of anilines is 1. The van der Waals surface area contributed by atoms with Crippen molar-refractivity contribution in [1.82, 2.24) is 10.2 Å². The van der Waals surface area contributed by atoms with E-state index in [1.165, 1.54) is 35.1 Å². The van der Waals surface area contributed by atoms with Crippen LogP contribution in [0.5, 0.6) is 17.2 Å². The lowest BCUT2D eigenvalue weighted by Gasteiger charge is -2.23. The quantitative estimate of drug-likeness (QED) is 0.0383. The molecule has 0 radical (unpaired) electrons. The molecule has 1 amide bonds. The van der Waals surface area contributed by atoms with Gasteiger partial charge in [0.05, 0.1) is 31.9 Å². The number of aromatic nitrogens is 2. The van der Waals surface area contributed by atoms with Gasteiger partial charge in [-0.1, -0.05) is 66.2 Å². The average Bonchev–Trinajstić information content (AvgIpc) is 3.62. The van der Waals surface area contributed by atoms with E-state index in [1.807, 2.05) is 31.2 Å². The summed E-state index contributed by atoms with van der Waals surface area (Å²) in [5, 5.41) is 21.0. The first-order valence-electron chi connectivity index (χ1n) is 14.4. The monoisotopic (exact) mass is 665 g/mol. The van der Waals surface area contributed by atoms with Crippen molar-refractivity contribution >= 4 is 57.3 Å². The van der Waals surface area contributed by atoms with Gasteiger partial charge in [-0.05, 0) is 73.0 Å². The second-order valence-electron chi connectivity index (χ2n) is 10.0. The minimum atomic E-state index is -1.00. The third-order valence-electron chi connectivity index (χ3n) is 7.02. The van der Waals surface area contributed by atoms with E-state index in [4.69, 9.17) is 25.8 Å². The lowest BCUT2D eigenvalue weighted by molar-refractivity contribution is -0.132. The Labute approximate surface area is 274 Å². The summed E-state index contributed by atoms with van der Waals surface area (Å²) >= 11 is 8.65. The first-order chi connectivity index (χ1) is 21.8. The maximum absolute atomic E-state index is 13.7. The minimum absolute atomic E-state index is 0.0727. The number of aliphatic hydroxyl groups excluding tert-OH is 1. The predicted molar refractivity (Wildman–Crippen MR) is 177 cm³/mol. The summed E-state index contributed by atoms with van der Waals surface area (Å²) in [6.07, 6.45) is 1.85. The van der Waals surface area contributed by atoms with Gasteiger partial charge in [0.1, 0.15) is 11.5 Å². The third-order valence-corrected chi connectivity index (χ3v) is 9.40. The number of amides is 1. The number of unbranched alkanes of at least 4 members (excludes halogenated alkanes) is 1. The molecular formula is C33H32ClN3O6S2. The van der Waals surface area contributed by atoms with Crippen LogP contribution in [0.4, 0.5) is 5.13 Å². The highest BCUT2D eigenvalue weighted by Gasteiger charge is 2.48. The molecule has 1 aliphatic rings. The fourth-order valence-electron chi connectivity index (χ4n) is 4.76. The zero-order valence-corrected chi connectivity index (χ0v) is 27.4. The third kappa shape index (κ3) is 7.27. The highest BCUT2D eigenvalue weighted by molar-refractivity contribution is 8.00. The number of nitrogens with zero attached hydrogens (tertiary/aromatic N) is 3. The second-order valence-corrected chi connectivity index (χ2v) is 12.6. The van der Waals surface area contributed by atoms with Crippen LogP contribution in [0, 0.1) is 0 Å². The van der Waals surface area contributed by atoms with Gasteiger partial charge >= 0.3 is 5.91 Å². The number of aliphatic hydroxyl groups is 1.